The van der Waals surface area contributed by atoms with E-state index in [-0.39, 0.29) is 35.2 Å². The van der Waals surface area contributed by atoms with Crippen LogP contribution in [0.25, 0.3) is 10.4 Å². The number of azide groups is 1. The molecule has 0 bridgehead atoms. The molecule has 4 unspecified atom stereocenters. The van der Waals surface area contributed by atoms with Crippen molar-refractivity contribution in [2.45, 2.75) is 80.5 Å². The first-order chi connectivity index (χ1) is 18.4. The minimum atomic E-state index is -0.744. The van der Waals surface area contributed by atoms with Crippen molar-refractivity contribution < 1.29 is 19.2 Å². The quantitative estimate of drug-likeness (QED) is 0.0985. The first-order valence-corrected chi connectivity index (χ1v) is 14.0. The highest BCUT2D eigenvalue weighted by Crippen LogP contribution is 2.37. The van der Waals surface area contributed by atoms with E-state index in [2.05, 4.69) is 36.6 Å². The second kappa shape index (κ2) is 15.1. The van der Waals surface area contributed by atoms with Crippen LogP contribution in [0, 0.1) is 0 Å². The summed E-state index contributed by atoms with van der Waals surface area (Å²) in [5.41, 5.74) is 9.88. The molecule has 0 spiro atoms. The van der Waals surface area contributed by atoms with Gasteiger partial charge < -0.3 is 26.6 Å². The van der Waals surface area contributed by atoms with Crippen LogP contribution in [0.1, 0.15) is 56.9 Å². The number of rotatable bonds is 15. The Balaban J connectivity index is 1.44. The molecule has 2 saturated heterocycles. The molecule has 0 saturated carbocycles. The lowest BCUT2D eigenvalue weighted by atomic mass is 10.0. The van der Waals surface area contributed by atoms with E-state index in [1.807, 2.05) is 0 Å². The van der Waals surface area contributed by atoms with Crippen LogP contribution in [0.15, 0.2) is 29.4 Å². The first kappa shape index (κ1) is 29.1. The largest absolute Gasteiger partial charge is 0.359 e. The lowest BCUT2D eigenvalue weighted by molar-refractivity contribution is -0.129. The first-order valence-electron chi connectivity index (χ1n) is 13.0. The highest BCUT2D eigenvalue weighted by Gasteiger charge is 2.40. The zero-order valence-corrected chi connectivity index (χ0v) is 22.4. The number of thioether (sulfide) groups is 1. The van der Waals surface area contributed by atoms with Crippen LogP contribution in [0.5, 0.6) is 0 Å². The summed E-state index contributed by atoms with van der Waals surface area (Å²) in [5, 5.41) is 18.3. The Labute approximate surface area is 226 Å². The minimum Gasteiger partial charge on any atom is -0.359 e. The van der Waals surface area contributed by atoms with Gasteiger partial charge in [-0.15, -0.1) is 11.8 Å². The number of carbonyl (C=O) groups excluding carboxylic acids is 4. The molecule has 12 nitrogen and oxygen atoms in total. The molecule has 2 aliphatic rings. The molecule has 2 fully saturated rings. The normalized spacial score (nSPS) is 20.3. The molecule has 0 aliphatic carbocycles. The van der Waals surface area contributed by atoms with E-state index in [0.29, 0.717) is 56.0 Å². The molecular formula is C25H36N8O4S. The van der Waals surface area contributed by atoms with Gasteiger partial charge in [0.2, 0.25) is 17.7 Å². The molecule has 0 aromatic heterocycles. The Morgan fingerprint density at radius 1 is 1.11 bits per heavy atom. The zero-order chi connectivity index (χ0) is 27.3. The minimum absolute atomic E-state index is 0.0385. The Bertz CT molecular complexity index is 1010. The van der Waals surface area contributed by atoms with E-state index < -0.39 is 6.04 Å². The van der Waals surface area contributed by atoms with E-state index in [9.17, 15) is 19.2 Å². The van der Waals surface area contributed by atoms with E-state index in [1.165, 1.54) is 0 Å². The van der Waals surface area contributed by atoms with Crippen LogP contribution in [0.4, 0.5) is 10.5 Å². The highest BCUT2D eigenvalue weighted by atomic mass is 32.2. The molecule has 1 aromatic carbocycles. The zero-order valence-electron chi connectivity index (χ0n) is 21.6. The number of carbonyl (C=O) groups is 4. The molecule has 206 valence electrons. The fraction of sp³-hybridized carbons (Fsp3) is 0.600. The summed E-state index contributed by atoms with van der Waals surface area (Å²) >= 11 is 1.78. The van der Waals surface area contributed by atoms with Gasteiger partial charge in [-0.2, -0.15) is 0 Å². The van der Waals surface area contributed by atoms with Crippen LogP contribution in [-0.4, -0.2) is 60.1 Å². The van der Waals surface area contributed by atoms with Crippen molar-refractivity contribution in [1.29, 1.82) is 0 Å². The number of nitrogens with one attached hydrogen (secondary N) is 5. The van der Waals surface area contributed by atoms with Gasteiger partial charge in [-0.05, 0) is 43.2 Å². The summed E-state index contributed by atoms with van der Waals surface area (Å²) in [6.45, 7) is 0.411. The second-order valence-electron chi connectivity index (χ2n) is 9.49. The van der Waals surface area contributed by atoms with E-state index in [0.717, 1.165) is 24.8 Å². The molecule has 0 radical (unpaired) electrons. The number of urea groups is 1. The molecule has 5 amide bonds. The molecule has 2 aliphatic heterocycles. The van der Waals surface area contributed by atoms with Gasteiger partial charge in [0.1, 0.15) is 6.04 Å². The van der Waals surface area contributed by atoms with Gasteiger partial charge in [0.05, 0.1) is 11.4 Å². The monoisotopic (exact) mass is 544 g/mol. The van der Waals surface area contributed by atoms with Crippen LogP contribution in [0.2, 0.25) is 0 Å². The van der Waals surface area contributed by atoms with Gasteiger partial charge >= 0.3 is 6.03 Å². The average Bonchev–Trinajstić information content (AvgIpc) is 3.43. The Hall–Kier alpha value is -3.44. The summed E-state index contributed by atoms with van der Waals surface area (Å²) < 4.78 is 0. The Morgan fingerprint density at radius 2 is 1.84 bits per heavy atom. The number of benzene rings is 1. The van der Waals surface area contributed by atoms with Crippen LogP contribution < -0.4 is 26.6 Å². The van der Waals surface area contributed by atoms with Crippen molar-refractivity contribution in [1.82, 2.24) is 26.6 Å². The fourth-order valence-electron chi connectivity index (χ4n) is 4.55. The van der Waals surface area contributed by atoms with Gasteiger partial charge in [-0.1, -0.05) is 35.8 Å². The number of amides is 5. The number of nitrogens with zero attached hydrogens (tertiary/aromatic N) is 3. The number of hydrogen-bond acceptors (Lipinski definition) is 6. The van der Waals surface area contributed by atoms with Crippen molar-refractivity contribution >= 4 is 41.2 Å². The van der Waals surface area contributed by atoms with Crippen LogP contribution >= 0.6 is 11.8 Å². The molecule has 1 aromatic rings. The SMILES string of the molecule is CNC(=O)CCCCNC(=O)C(Cc1ccc(N=[N+]=[N-])cc1)NC(=O)CCCCC1CC2NC(=O)NC2S1. The third kappa shape index (κ3) is 9.46. The Kier molecular flexibility index (Phi) is 11.6. The van der Waals surface area contributed by atoms with Crippen molar-refractivity contribution in [3.63, 3.8) is 0 Å². The summed E-state index contributed by atoms with van der Waals surface area (Å²) in [4.78, 5) is 51.1. The molecule has 4 atom stereocenters. The van der Waals surface area contributed by atoms with E-state index in [1.54, 1.807) is 43.1 Å². The number of fused-ring (bicyclic) bond motifs is 1. The van der Waals surface area contributed by atoms with Gasteiger partial charge in [0.15, 0.2) is 0 Å². The molecule has 5 N–H and O–H groups in total. The van der Waals surface area contributed by atoms with Crippen molar-refractivity contribution in [3.8, 4) is 0 Å². The number of unbranched alkanes of at least 4 members (excludes halogenated alkanes) is 2. The second-order valence-corrected chi connectivity index (χ2v) is 10.9. The molecule has 13 heteroatoms. The van der Waals surface area contributed by atoms with Crippen molar-refractivity contribution in [2.75, 3.05) is 13.6 Å². The third-order valence-electron chi connectivity index (χ3n) is 6.59. The van der Waals surface area contributed by atoms with Gasteiger partial charge in [0, 0.05) is 48.7 Å². The van der Waals surface area contributed by atoms with Gasteiger partial charge in [-0.25, -0.2) is 4.79 Å². The maximum Gasteiger partial charge on any atom is 0.316 e. The third-order valence-corrected chi connectivity index (χ3v) is 8.14. The maximum absolute atomic E-state index is 12.9. The summed E-state index contributed by atoms with van der Waals surface area (Å²) in [6, 6.07) is 6.21. The number of hydrogen-bond donors (Lipinski definition) is 5. The van der Waals surface area contributed by atoms with E-state index >= 15 is 0 Å². The summed E-state index contributed by atoms with van der Waals surface area (Å²) in [6.07, 6.45) is 5.84. The van der Waals surface area contributed by atoms with E-state index in [4.69, 9.17) is 5.53 Å². The van der Waals surface area contributed by atoms with Crippen molar-refractivity contribution in [2.24, 2.45) is 5.11 Å². The maximum atomic E-state index is 12.9. The lowest BCUT2D eigenvalue weighted by Gasteiger charge is -2.19. The Morgan fingerprint density at radius 3 is 2.55 bits per heavy atom. The molecule has 2 heterocycles. The molecular weight excluding hydrogens is 508 g/mol. The smallest absolute Gasteiger partial charge is 0.316 e. The summed E-state index contributed by atoms with van der Waals surface area (Å²) in [7, 11) is 1.59. The summed E-state index contributed by atoms with van der Waals surface area (Å²) in [5.74, 6) is -0.496. The van der Waals surface area contributed by atoms with Crippen molar-refractivity contribution in [3.05, 3.63) is 40.3 Å². The highest BCUT2D eigenvalue weighted by molar-refractivity contribution is 8.00. The topological polar surface area (TPSA) is 177 Å². The molecule has 3 rings (SSSR count). The average molecular weight is 545 g/mol. The predicted molar refractivity (Wildman–Crippen MR) is 146 cm³/mol. The van der Waals surface area contributed by atoms with Crippen LogP contribution in [0.3, 0.4) is 0 Å². The fourth-order valence-corrected chi connectivity index (χ4v) is 6.13. The molecule has 38 heavy (non-hydrogen) atoms. The predicted octanol–water partition coefficient (Wildman–Crippen LogP) is 2.76. The van der Waals surface area contributed by atoms with Gasteiger partial charge in [0.25, 0.3) is 0 Å². The van der Waals surface area contributed by atoms with Gasteiger partial charge in [-0.3, -0.25) is 14.4 Å². The van der Waals surface area contributed by atoms with Crippen LogP contribution in [-0.2, 0) is 20.8 Å². The lowest BCUT2D eigenvalue weighted by Crippen LogP contribution is -2.48. The standard InChI is InChI=1S/C25H36N8O4S/c1-27-21(34)7-4-5-13-28-23(36)19(14-16-9-11-17(12-10-16)32-33-26)29-22(35)8-3-2-6-18-15-20-24(38-18)31-25(37)30-20/h9-12,18-20,24H,2-8,13-15H2,1H3,(H,27,34)(H,28,36)(H,29,35)(H2,30,31,37).